The van der Waals surface area contributed by atoms with Gasteiger partial charge >= 0.3 is 0 Å². The van der Waals surface area contributed by atoms with Gasteiger partial charge in [-0.25, -0.2) is 4.98 Å². The first-order valence-electron chi connectivity index (χ1n) is 11.9. The Bertz CT molecular complexity index is 1430. The fourth-order valence-corrected chi connectivity index (χ4v) is 4.69. The van der Waals surface area contributed by atoms with E-state index in [1.807, 2.05) is 68.9 Å². The number of H-pyrrole nitrogens is 1. The van der Waals surface area contributed by atoms with Gasteiger partial charge in [0.1, 0.15) is 0 Å². The molecule has 0 amide bonds. The van der Waals surface area contributed by atoms with E-state index in [1.165, 1.54) is 0 Å². The molecule has 0 saturated carbocycles. The third-order valence-corrected chi connectivity index (χ3v) is 6.76. The van der Waals surface area contributed by atoms with Crippen molar-refractivity contribution in [2.45, 2.75) is 20.3 Å². The molecule has 0 radical (unpaired) electrons. The van der Waals surface area contributed by atoms with Crippen LogP contribution in [0.25, 0.3) is 27.9 Å². The molecule has 0 fully saturated rings. The lowest BCUT2D eigenvalue weighted by molar-refractivity contribution is 0.363. The van der Waals surface area contributed by atoms with Gasteiger partial charge < -0.3 is 25.1 Å². The molecule has 184 valence electrons. The second kappa shape index (κ2) is 10.6. The van der Waals surface area contributed by atoms with Gasteiger partial charge in [0, 0.05) is 19.3 Å². The number of aromatic amines is 1. The van der Waals surface area contributed by atoms with Gasteiger partial charge in [-0.2, -0.15) is 0 Å². The third kappa shape index (κ3) is 5.12. The molecule has 0 aliphatic rings. The van der Waals surface area contributed by atoms with E-state index in [2.05, 4.69) is 33.6 Å². The Morgan fingerprint density at radius 3 is 2.77 bits per heavy atom. The zero-order chi connectivity index (χ0) is 25.1. The summed E-state index contributed by atoms with van der Waals surface area (Å²) in [5, 5.41) is 8.71. The van der Waals surface area contributed by atoms with Crippen LogP contribution in [0.4, 0.5) is 11.6 Å². The molecule has 0 bridgehead atoms. The Kier molecular flexibility index (Phi) is 7.60. The molecular weight excluding hydrogens is 460 g/mol. The number of para-hydroxylation sites is 1. The number of benzene rings is 2. The smallest absolute Gasteiger partial charge is 0.258 e. The van der Waals surface area contributed by atoms with Crippen molar-refractivity contribution in [3.05, 3.63) is 68.6 Å². The van der Waals surface area contributed by atoms with Crippen molar-refractivity contribution in [3.8, 4) is 0 Å². The van der Waals surface area contributed by atoms with Crippen molar-refractivity contribution in [2.24, 2.45) is 7.05 Å². The quantitative estimate of drug-likeness (QED) is 0.287. The third-order valence-electron chi connectivity index (χ3n) is 6.45. The van der Waals surface area contributed by atoms with Gasteiger partial charge in [0.25, 0.3) is 5.56 Å². The molecule has 2 aromatic carbocycles. The van der Waals surface area contributed by atoms with E-state index >= 15 is 0 Å². The molecule has 0 spiro atoms. The van der Waals surface area contributed by atoms with Gasteiger partial charge in [0.05, 0.1) is 27.1 Å². The van der Waals surface area contributed by atoms with Gasteiger partial charge in [-0.3, -0.25) is 4.79 Å². The van der Waals surface area contributed by atoms with Crippen LogP contribution in [0.3, 0.4) is 0 Å². The zero-order valence-electron chi connectivity index (χ0n) is 21.0. The van der Waals surface area contributed by atoms with Crippen LogP contribution < -0.4 is 16.2 Å². The summed E-state index contributed by atoms with van der Waals surface area (Å²) in [5.74, 6) is 0.631. The normalized spacial score (nSPS) is 12.0. The number of rotatable bonds is 9. The maximum atomic E-state index is 13.3. The highest BCUT2D eigenvalue weighted by molar-refractivity contribution is 6.33. The van der Waals surface area contributed by atoms with E-state index in [0.717, 1.165) is 65.0 Å². The highest BCUT2D eigenvalue weighted by Gasteiger charge is 2.17. The summed E-state index contributed by atoms with van der Waals surface area (Å²) in [5.41, 5.74) is 5.12. The second-order valence-electron chi connectivity index (χ2n) is 9.02. The number of pyridine rings is 1. The maximum Gasteiger partial charge on any atom is 0.258 e. The van der Waals surface area contributed by atoms with Crippen LogP contribution in [0.5, 0.6) is 0 Å². The summed E-state index contributed by atoms with van der Waals surface area (Å²) >= 11 is 6.41. The molecule has 0 aliphatic carbocycles. The summed E-state index contributed by atoms with van der Waals surface area (Å²) in [6.07, 6.45) is 5.20. The van der Waals surface area contributed by atoms with E-state index in [4.69, 9.17) is 16.6 Å². The number of aryl methyl sites for hydroxylation is 3. The minimum Gasteiger partial charge on any atom is -0.324 e. The van der Waals surface area contributed by atoms with Gasteiger partial charge in [0.2, 0.25) is 5.95 Å². The minimum absolute atomic E-state index is 0.123. The van der Waals surface area contributed by atoms with Crippen molar-refractivity contribution >= 4 is 51.1 Å². The highest BCUT2D eigenvalue weighted by atomic mass is 35.5. The van der Waals surface area contributed by atoms with Crippen LogP contribution in [0.1, 0.15) is 23.2 Å². The number of hydrogen-bond donors (Lipinski definition) is 3. The molecule has 0 atom stereocenters. The predicted molar refractivity (Wildman–Crippen MR) is 148 cm³/mol. The first-order valence-corrected chi connectivity index (χ1v) is 12.2. The number of imidazole rings is 1. The molecule has 2 heterocycles. The molecule has 7 nitrogen and oxygen atoms in total. The Balaban J connectivity index is 1.69. The molecule has 0 unspecified atom stereocenters. The Hall–Kier alpha value is -3.13. The average Bonchev–Trinajstić information content (AvgIpc) is 3.14. The number of hydrogen-bond acceptors (Lipinski definition) is 5. The van der Waals surface area contributed by atoms with Crippen LogP contribution >= 0.6 is 11.6 Å². The fourth-order valence-electron chi connectivity index (χ4n) is 4.42. The molecule has 4 rings (SSSR count). The molecule has 0 saturated heterocycles. The van der Waals surface area contributed by atoms with E-state index in [0.29, 0.717) is 16.4 Å². The zero-order valence-corrected chi connectivity index (χ0v) is 21.8. The van der Waals surface area contributed by atoms with Crippen molar-refractivity contribution < 1.29 is 0 Å². The molecule has 8 heteroatoms. The molecule has 4 aromatic rings. The Morgan fingerprint density at radius 1 is 1.23 bits per heavy atom. The van der Waals surface area contributed by atoms with E-state index < -0.39 is 0 Å². The van der Waals surface area contributed by atoms with Gasteiger partial charge in [0.15, 0.2) is 0 Å². The number of likely N-dealkylation sites (N-methyl/N-ethyl adjacent to an activating group) is 1. The van der Waals surface area contributed by atoms with Crippen LogP contribution in [-0.4, -0.2) is 53.2 Å². The first-order chi connectivity index (χ1) is 16.8. The number of nitrogens with one attached hydrogen (secondary N) is 3. The monoisotopic (exact) mass is 492 g/mol. The summed E-state index contributed by atoms with van der Waals surface area (Å²) in [4.78, 5) is 23.4. The number of anilines is 2. The van der Waals surface area contributed by atoms with Gasteiger partial charge in [-0.1, -0.05) is 35.9 Å². The Morgan fingerprint density at radius 2 is 2.03 bits per heavy atom. The number of fused-ring (bicyclic) bond motifs is 3. The number of nitrogens with zero attached hydrogens (tertiary/aromatic N) is 3. The predicted octanol–water partition coefficient (Wildman–Crippen LogP) is 4.98. The lowest BCUT2D eigenvalue weighted by atomic mass is 10.0. The molecule has 35 heavy (non-hydrogen) atoms. The standard InChI is InChI=1S/C27H33ClN6O/c1-17-9-6-10-20(28)24(17)32-27-31-22-13-12-19-18(2)21(11-7-15-33(4)16-8-14-29-3)30-26(35)23(19)25(22)34(27)5/h6-7,9-13,29H,8,14-16H2,1-5H3,(H,30,35)(H,31,32)/b11-7+. The lowest BCUT2D eigenvalue weighted by Gasteiger charge is -2.14. The van der Waals surface area contributed by atoms with E-state index in [1.54, 1.807) is 0 Å². The van der Waals surface area contributed by atoms with Crippen molar-refractivity contribution in [3.63, 3.8) is 0 Å². The minimum atomic E-state index is -0.123. The summed E-state index contributed by atoms with van der Waals surface area (Å²) in [7, 11) is 5.98. The average molecular weight is 493 g/mol. The van der Waals surface area contributed by atoms with Crippen LogP contribution in [0.2, 0.25) is 5.02 Å². The van der Waals surface area contributed by atoms with Gasteiger partial charge in [-0.15, -0.1) is 0 Å². The van der Waals surface area contributed by atoms with E-state index in [-0.39, 0.29) is 5.56 Å². The van der Waals surface area contributed by atoms with Crippen LogP contribution in [-0.2, 0) is 7.05 Å². The van der Waals surface area contributed by atoms with Gasteiger partial charge in [-0.05, 0) is 82.2 Å². The van der Waals surface area contributed by atoms with E-state index in [9.17, 15) is 4.79 Å². The van der Waals surface area contributed by atoms with Crippen molar-refractivity contribution in [2.75, 3.05) is 39.0 Å². The number of halogens is 1. The number of aromatic nitrogens is 3. The van der Waals surface area contributed by atoms with Crippen molar-refractivity contribution in [1.82, 2.24) is 24.8 Å². The fraction of sp³-hybridized carbons (Fsp3) is 0.333. The first kappa shape index (κ1) is 25.0. The van der Waals surface area contributed by atoms with Crippen LogP contribution in [0, 0.1) is 13.8 Å². The summed E-state index contributed by atoms with van der Waals surface area (Å²) in [6, 6.07) is 9.72. The molecule has 3 N–H and O–H groups in total. The maximum absolute atomic E-state index is 13.3. The highest BCUT2D eigenvalue weighted by Crippen LogP contribution is 2.32. The summed E-state index contributed by atoms with van der Waals surface area (Å²) in [6.45, 7) is 6.88. The van der Waals surface area contributed by atoms with Crippen LogP contribution in [0.15, 0.2) is 41.2 Å². The lowest BCUT2D eigenvalue weighted by Crippen LogP contribution is -2.22. The largest absolute Gasteiger partial charge is 0.324 e. The SMILES string of the molecule is CNCCCN(C)C/C=C/c1[nH]c(=O)c2c(ccc3nc(Nc4c(C)cccc4Cl)n(C)c32)c1C. The molecular formula is C27H33ClN6O. The topological polar surface area (TPSA) is 78.0 Å². The second-order valence-corrected chi connectivity index (χ2v) is 9.43. The summed E-state index contributed by atoms with van der Waals surface area (Å²) < 4.78 is 1.92. The van der Waals surface area contributed by atoms with Crippen molar-refractivity contribution in [1.29, 1.82) is 0 Å². The molecule has 2 aromatic heterocycles. The Labute approximate surface area is 210 Å². The molecule has 0 aliphatic heterocycles.